The third kappa shape index (κ3) is 6.91. The maximum atomic E-state index is 12.1. The molecule has 12 heteroatoms. The molecular formula is C18H20N2O8S2. The van der Waals surface area contributed by atoms with Gasteiger partial charge >= 0.3 is 0 Å². The third-order valence-electron chi connectivity index (χ3n) is 3.49. The molecule has 0 bridgehead atoms. The van der Waals surface area contributed by atoms with Crippen molar-refractivity contribution >= 4 is 43.4 Å². The molecule has 0 aliphatic heterocycles. The van der Waals surface area contributed by atoms with Gasteiger partial charge in [0.05, 0.1) is 23.0 Å². The molecule has 2 aromatic rings. The fourth-order valence-electron chi connectivity index (χ4n) is 2.24. The molecule has 10 nitrogen and oxygen atoms in total. The second-order valence-corrected chi connectivity index (χ2v) is 9.19. The smallest absolute Gasteiger partial charge is 0.297 e. The van der Waals surface area contributed by atoms with Crippen LogP contribution in [0.2, 0.25) is 0 Å². The minimum atomic E-state index is -4.13. The second kappa shape index (κ2) is 9.80. The second-order valence-electron chi connectivity index (χ2n) is 5.96. The van der Waals surface area contributed by atoms with Crippen LogP contribution in [0.1, 0.15) is 13.8 Å². The summed E-state index contributed by atoms with van der Waals surface area (Å²) in [5, 5.41) is 5.00. The Kier molecular flexibility index (Phi) is 7.67. The van der Waals surface area contributed by atoms with Crippen molar-refractivity contribution in [2.45, 2.75) is 23.6 Å². The molecule has 0 unspecified atom stereocenters. The van der Waals surface area contributed by atoms with Crippen LogP contribution < -0.4 is 10.6 Å². The van der Waals surface area contributed by atoms with E-state index in [-0.39, 0.29) is 21.6 Å². The topological polar surface area (TPSA) is 145 Å². The first-order valence-corrected chi connectivity index (χ1v) is 11.4. The fourth-order valence-corrected chi connectivity index (χ4v) is 4.03. The molecule has 0 heterocycles. The maximum Gasteiger partial charge on any atom is 0.297 e. The van der Waals surface area contributed by atoms with E-state index in [0.29, 0.717) is 11.4 Å². The minimum absolute atomic E-state index is 0.159. The van der Waals surface area contributed by atoms with Crippen LogP contribution in [0.5, 0.6) is 0 Å². The predicted octanol–water partition coefficient (Wildman–Crippen LogP) is 1.71. The molecule has 30 heavy (non-hydrogen) atoms. The number of hydrogen-bond donors (Lipinski definition) is 2. The molecule has 0 aliphatic rings. The molecule has 0 spiro atoms. The van der Waals surface area contributed by atoms with E-state index in [1.165, 1.54) is 62.4 Å². The molecule has 2 aromatic carbocycles. The van der Waals surface area contributed by atoms with Gasteiger partial charge in [0, 0.05) is 25.2 Å². The van der Waals surface area contributed by atoms with Crippen LogP contribution in [-0.2, 0) is 38.2 Å². The number of amides is 2. The number of carbonyl (C=O) groups excluding carboxylic acids is 2. The zero-order valence-electron chi connectivity index (χ0n) is 16.1. The van der Waals surface area contributed by atoms with E-state index in [9.17, 15) is 26.4 Å². The molecular weight excluding hydrogens is 436 g/mol. The van der Waals surface area contributed by atoms with Crippen LogP contribution in [0.25, 0.3) is 0 Å². The summed E-state index contributed by atoms with van der Waals surface area (Å²) in [4.78, 5) is 21.6. The Morgan fingerprint density at radius 2 is 0.967 bits per heavy atom. The van der Waals surface area contributed by atoms with Crippen molar-refractivity contribution in [2.24, 2.45) is 0 Å². The van der Waals surface area contributed by atoms with E-state index < -0.39 is 33.5 Å². The molecule has 0 aliphatic carbocycles. The summed E-state index contributed by atoms with van der Waals surface area (Å²) < 4.78 is 58.1. The molecule has 0 saturated carbocycles. The summed E-state index contributed by atoms with van der Waals surface area (Å²) in [6.45, 7) is 1.58. The van der Waals surface area contributed by atoms with Crippen LogP contribution >= 0.6 is 0 Å². The number of hydrogen-bond acceptors (Lipinski definition) is 8. The normalized spacial score (nSPS) is 11.7. The van der Waals surface area contributed by atoms with Gasteiger partial charge in [-0.3, -0.25) is 18.0 Å². The average molecular weight is 456 g/mol. The molecule has 2 rings (SSSR count). The summed E-state index contributed by atoms with van der Waals surface area (Å²) in [5.74, 6) is -0.602. The van der Waals surface area contributed by atoms with Crippen molar-refractivity contribution < 1.29 is 34.8 Å². The van der Waals surface area contributed by atoms with Crippen LogP contribution in [0.15, 0.2) is 58.3 Å². The summed E-state index contributed by atoms with van der Waals surface area (Å²) in [6.07, 6.45) is 0. The van der Waals surface area contributed by atoms with Gasteiger partial charge in [-0.05, 0) is 48.5 Å². The summed E-state index contributed by atoms with van der Waals surface area (Å²) >= 11 is 0. The van der Waals surface area contributed by atoms with Gasteiger partial charge in [0.1, 0.15) is 0 Å². The van der Waals surface area contributed by atoms with Gasteiger partial charge in [-0.15, -0.1) is 0 Å². The van der Waals surface area contributed by atoms with E-state index in [4.69, 9.17) is 8.37 Å². The van der Waals surface area contributed by atoms with Crippen molar-refractivity contribution in [3.63, 3.8) is 0 Å². The highest BCUT2D eigenvalue weighted by Gasteiger charge is 2.18. The van der Waals surface area contributed by atoms with E-state index in [0.717, 1.165) is 0 Å². The van der Waals surface area contributed by atoms with Gasteiger partial charge < -0.3 is 10.6 Å². The molecule has 0 atom stereocenters. The van der Waals surface area contributed by atoms with Crippen LogP contribution in [0, 0.1) is 0 Å². The first kappa shape index (κ1) is 23.5. The molecule has 0 fully saturated rings. The van der Waals surface area contributed by atoms with Gasteiger partial charge in [-0.1, -0.05) is 0 Å². The van der Waals surface area contributed by atoms with Crippen molar-refractivity contribution in [1.82, 2.24) is 0 Å². The lowest BCUT2D eigenvalue weighted by Crippen LogP contribution is -2.15. The SMILES string of the molecule is CC(=O)Nc1ccc(S(=O)(=O)OCCOS(=O)(=O)c2ccc(NC(C)=O)cc2)cc1. The lowest BCUT2D eigenvalue weighted by molar-refractivity contribution is -0.115. The van der Waals surface area contributed by atoms with Crippen molar-refractivity contribution in [3.8, 4) is 0 Å². The summed E-state index contributed by atoms with van der Waals surface area (Å²) in [5.41, 5.74) is 0.834. The molecule has 2 amide bonds. The average Bonchev–Trinajstić information content (AvgIpc) is 2.65. The Hall–Kier alpha value is -2.80. The first-order chi connectivity index (χ1) is 14.0. The van der Waals surface area contributed by atoms with E-state index in [2.05, 4.69) is 10.6 Å². The van der Waals surface area contributed by atoms with Crippen molar-refractivity contribution in [2.75, 3.05) is 23.8 Å². The van der Waals surface area contributed by atoms with Crippen LogP contribution in [0.3, 0.4) is 0 Å². The third-order valence-corrected chi connectivity index (χ3v) is 6.14. The largest absolute Gasteiger partial charge is 0.326 e. The summed E-state index contributed by atoms with van der Waals surface area (Å²) in [7, 11) is -8.27. The number of nitrogens with one attached hydrogen (secondary N) is 2. The van der Waals surface area contributed by atoms with E-state index in [1.54, 1.807) is 0 Å². The predicted molar refractivity (Wildman–Crippen MR) is 108 cm³/mol. The maximum absolute atomic E-state index is 12.1. The lowest BCUT2D eigenvalue weighted by Gasteiger charge is -2.09. The van der Waals surface area contributed by atoms with Gasteiger partial charge in [0.15, 0.2) is 0 Å². The lowest BCUT2D eigenvalue weighted by atomic mass is 10.3. The van der Waals surface area contributed by atoms with Gasteiger partial charge in [0.25, 0.3) is 20.2 Å². The van der Waals surface area contributed by atoms with E-state index >= 15 is 0 Å². The summed E-state index contributed by atoms with van der Waals surface area (Å²) in [6, 6.07) is 10.5. The number of rotatable bonds is 9. The Morgan fingerprint density at radius 1 is 0.667 bits per heavy atom. The highest BCUT2D eigenvalue weighted by Crippen LogP contribution is 2.18. The van der Waals surface area contributed by atoms with Crippen molar-refractivity contribution in [3.05, 3.63) is 48.5 Å². The monoisotopic (exact) mass is 456 g/mol. The molecule has 162 valence electrons. The Balaban J connectivity index is 1.91. The molecule has 0 aromatic heterocycles. The molecule has 0 saturated heterocycles. The zero-order valence-corrected chi connectivity index (χ0v) is 17.7. The Morgan fingerprint density at radius 3 is 1.23 bits per heavy atom. The Labute approximate surface area is 174 Å². The molecule has 0 radical (unpaired) electrons. The van der Waals surface area contributed by atoms with Crippen molar-refractivity contribution in [1.29, 1.82) is 0 Å². The number of anilines is 2. The van der Waals surface area contributed by atoms with Gasteiger partial charge in [-0.2, -0.15) is 16.8 Å². The first-order valence-electron chi connectivity index (χ1n) is 8.54. The highest BCUT2D eigenvalue weighted by molar-refractivity contribution is 7.87. The van der Waals surface area contributed by atoms with Gasteiger partial charge in [0.2, 0.25) is 11.8 Å². The number of benzene rings is 2. The number of carbonyl (C=O) groups is 2. The Bertz CT molecular complexity index is 1020. The van der Waals surface area contributed by atoms with E-state index in [1.807, 2.05) is 0 Å². The molecule has 2 N–H and O–H groups in total. The van der Waals surface area contributed by atoms with Crippen LogP contribution in [0.4, 0.5) is 11.4 Å². The van der Waals surface area contributed by atoms with Gasteiger partial charge in [-0.25, -0.2) is 0 Å². The standard InChI is InChI=1S/C18H20N2O8S2/c1-13(21)19-15-3-7-17(8-4-15)29(23,24)27-11-12-28-30(25,26)18-9-5-16(6-10-18)20-14(2)22/h3-10H,11-12H2,1-2H3,(H,19,21)(H,20,22). The van der Waals surface area contributed by atoms with Crippen LogP contribution in [-0.4, -0.2) is 41.9 Å². The quantitative estimate of drug-likeness (QED) is 0.428. The highest BCUT2D eigenvalue weighted by atomic mass is 32.2. The minimum Gasteiger partial charge on any atom is -0.326 e. The zero-order chi connectivity index (χ0) is 22.4. The fraction of sp³-hybridized carbons (Fsp3) is 0.222.